The van der Waals surface area contributed by atoms with Gasteiger partial charge < -0.3 is 10.6 Å². The van der Waals surface area contributed by atoms with Crippen molar-refractivity contribution in [3.63, 3.8) is 0 Å². The molecule has 1 saturated heterocycles. The van der Waals surface area contributed by atoms with E-state index in [1.165, 1.54) is 25.9 Å². The Morgan fingerprint density at radius 1 is 1.31 bits per heavy atom. The molecule has 88 valence electrons. The molecule has 2 nitrogen and oxygen atoms in total. The van der Waals surface area contributed by atoms with Gasteiger partial charge in [0.15, 0.2) is 0 Å². The summed E-state index contributed by atoms with van der Waals surface area (Å²) in [5.41, 5.74) is 6.52. The fraction of sp³-hybridized carbons (Fsp3) is 0.500. The van der Waals surface area contributed by atoms with Crippen LogP contribution >= 0.6 is 23.4 Å². The standard InChI is InChI=1S/C12H17ClN2S/c13-11-4-3-10(14)9-12(11)16-8-7-15-5-1-2-6-15/h3-4,9H,1-2,5-8,14H2. The fourth-order valence-corrected chi connectivity index (χ4v) is 3.20. The molecular formula is C12H17ClN2S. The first-order chi connectivity index (χ1) is 7.75. The number of hydrogen-bond acceptors (Lipinski definition) is 3. The van der Waals surface area contributed by atoms with Gasteiger partial charge in [0, 0.05) is 22.9 Å². The quantitative estimate of drug-likeness (QED) is 0.663. The van der Waals surface area contributed by atoms with Crippen molar-refractivity contribution in [3.05, 3.63) is 23.2 Å². The summed E-state index contributed by atoms with van der Waals surface area (Å²) in [6.07, 6.45) is 2.70. The van der Waals surface area contributed by atoms with E-state index in [-0.39, 0.29) is 0 Å². The highest BCUT2D eigenvalue weighted by atomic mass is 35.5. The Balaban J connectivity index is 1.82. The number of nitrogens with two attached hydrogens (primary N) is 1. The van der Waals surface area contributed by atoms with Crippen molar-refractivity contribution >= 4 is 29.1 Å². The first-order valence-electron chi connectivity index (χ1n) is 5.66. The Kier molecular flexibility index (Phi) is 4.38. The zero-order valence-corrected chi connectivity index (χ0v) is 10.9. The SMILES string of the molecule is Nc1ccc(Cl)c(SCCN2CCCC2)c1. The van der Waals surface area contributed by atoms with Gasteiger partial charge in [-0.3, -0.25) is 0 Å². The van der Waals surface area contributed by atoms with Crippen LogP contribution in [0.4, 0.5) is 5.69 Å². The highest BCUT2D eigenvalue weighted by molar-refractivity contribution is 7.99. The van der Waals surface area contributed by atoms with Crippen molar-refractivity contribution < 1.29 is 0 Å². The molecule has 1 aliphatic rings. The van der Waals surface area contributed by atoms with Crippen LogP contribution in [0.1, 0.15) is 12.8 Å². The maximum Gasteiger partial charge on any atom is 0.0543 e. The lowest BCUT2D eigenvalue weighted by Crippen LogP contribution is -2.21. The van der Waals surface area contributed by atoms with Gasteiger partial charge in [-0.05, 0) is 44.1 Å². The third kappa shape index (κ3) is 3.30. The van der Waals surface area contributed by atoms with Crippen molar-refractivity contribution in [1.82, 2.24) is 4.90 Å². The van der Waals surface area contributed by atoms with Gasteiger partial charge >= 0.3 is 0 Å². The van der Waals surface area contributed by atoms with Gasteiger partial charge in [0.25, 0.3) is 0 Å². The minimum absolute atomic E-state index is 0.785. The van der Waals surface area contributed by atoms with E-state index in [0.29, 0.717) is 0 Å². The van der Waals surface area contributed by atoms with E-state index in [0.717, 1.165) is 27.9 Å². The van der Waals surface area contributed by atoms with E-state index in [1.54, 1.807) is 11.8 Å². The van der Waals surface area contributed by atoms with Crippen LogP contribution in [0.25, 0.3) is 0 Å². The zero-order chi connectivity index (χ0) is 11.4. The van der Waals surface area contributed by atoms with Crippen LogP contribution in [-0.2, 0) is 0 Å². The molecule has 0 bridgehead atoms. The highest BCUT2D eigenvalue weighted by Gasteiger charge is 2.11. The van der Waals surface area contributed by atoms with Crippen LogP contribution in [0.5, 0.6) is 0 Å². The van der Waals surface area contributed by atoms with E-state index in [9.17, 15) is 0 Å². The molecule has 0 aromatic heterocycles. The second-order valence-electron chi connectivity index (χ2n) is 4.09. The van der Waals surface area contributed by atoms with Crippen molar-refractivity contribution in [1.29, 1.82) is 0 Å². The number of nitrogen functional groups attached to an aromatic ring is 1. The average Bonchev–Trinajstić information content (AvgIpc) is 2.76. The molecule has 1 heterocycles. The molecule has 0 amide bonds. The van der Waals surface area contributed by atoms with Crippen LogP contribution in [0.15, 0.2) is 23.1 Å². The van der Waals surface area contributed by atoms with Gasteiger partial charge in [0.2, 0.25) is 0 Å². The Bertz CT molecular complexity index is 351. The van der Waals surface area contributed by atoms with Gasteiger partial charge in [-0.1, -0.05) is 11.6 Å². The Morgan fingerprint density at radius 3 is 2.81 bits per heavy atom. The van der Waals surface area contributed by atoms with Crippen LogP contribution < -0.4 is 5.73 Å². The maximum atomic E-state index is 6.10. The second-order valence-corrected chi connectivity index (χ2v) is 5.63. The summed E-state index contributed by atoms with van der Waals surface area (Å²) in [6, 6.07) is 5.67. The lowest BCUT2D eigenvalue weighted by Gasteiger charge is -2.14. The van der Waals surface area contributed by atoms with E-state index in [2.05, 4.69) is 4.90 Å². The number of likely N-dealkylation sites (tertiary alicyclic amines) is 1. The number of benzene rings is 1. The predicted octanol–water partition coefficient (Wildman–Crippen LogP) is 3.11. The van der Waals surface area contributed by atoms with E-state index in [1.807, 2.05) is 18.2 Å². The molecule has 2 N–H and O–H groups in total. The molecule has 1 aromatic carbocycles. The second kappa shape index (κ2) is 5.80. The molecule has 1 aromatic rings. The van der Waals surface area contributed by atoms with Crippen LogP contribution in [-0.4, -0.2) is 30.3 Å². The van der Waals surface area contributed by atoms with Crippen molar-refractivity contribution in [2.24, 2.45) is 0 Å². The van der Waals surface area contributed by atoms with Gasteiger partial charge in [-0.25, -0.2) is 0 Å². The summed E-state index contributed by atoms with van der Waals surface area (Å²) in [5, 5.41) is 0.806. The van der Waals surface area contributed by atoms with Crippen LogP contribution in [0.2, 0.25) is 5.02 Å². The summed E-state index contributed by atoms with van der Waals surface area (Å²) in [4.78, 5) is 3.61. The summed E-state index contributed by atoms with van der Waals surface area (Å²) < 4.78 is 0. The van der Waals surface area contributed by atoms with E-state index in [4.69, 9.17) is 17.3 Å². The summed E-state index contributed by atoms with van der Waals surface area (Å²) in [6.45, 7) is 3.66. The molecule has 16 heavy (non-hydrogen) atoms. The molecule has 1 fully saturated rings. The lowest BCUT2D eigenvalue weighted by molar-refractivity contribution is 0.362. The molecule has 0 atom stereocenters. The zero-order valence-electron chi connectivity index (χ0n) is 9.29. The third-order valence-electron chi connectivity index (χ3n) is 2.82. The van der Waals surface area contributed by atoms with Gasteiger partial charge in [0.05, 0.1) is 5.02 Å². The number of thioether (sulfide) groups is 1. The highest BCUT2D eigenvalue weighted by Crippen LogP contribution is 2.29. The van der Waals surface area contributed by atoms with Crippen molar-refractivity contribution in [3.8, 4) is 0 Å². The third-order valence-corrected chi connectivity index (χ3v) is 4.30. The summed E-state index contributed by atoms with van der Waals surface area (Å²) in [7, 11) is 0. The monoisotopic (exact) mass is 256 g/mol. The number of halogens is 1. The molecule has 0 radical (unpaired) electrons. The molecular weight excluding hydrogens is 240 g/mol. The largest absolute Gasteiger partial charge is 0.399 e. The normalized spacial score (nSPS) is 16.8. The minimum Gasteiger partial charge on any atom is -0.399 e. The Morgan fingerprint density at radius 2 is 2.06 bits per heavy atom. The summed E-state index contributed by atoms with van der Waals surface area (Å²) >= 11 is 7.90. The summed E-state index contributed by atoms with van der Waals surface area (Å²) in [5.74, 6) is 1.09. The fourth-order valence-electron chi connectivity index (χ4n) is 1.92. The topological polar surface area (TPSA) is 29.3 Å². The number of rotatable bonds is 4. The first kappa shape index (κ1) is 12.1. The van der Waals surface area contributed by atoms with E-state index >= 15 is 0 Å². The smallest absolute Gasteiger partial charge is 0.0543 e. The number of hydrogen-bond donors (Lipinski definition) is 1. The van der Waals surface area contributed by atoms with Gasteiger partial charge in [-0.15, -0.1) is 11.8 Å². The van der Waals surface area contributed by atoms with Crippen molar-refractivity contribution in [2.45, 2.75) is 17.7 Å². The Hall–Kier alpha value is -0.380. The Labute approximate surface area is 106 Å². The number of nitrogens with zero attached hydrogens (tertiary/aromatic N) is 1. The first-order valence-corrected chi connectivity index (χ1v) is 7.02. The predicted molar refractivity (Wildman–Crippen MR) is 72.3 cm³/mol. The van der Waals surface area contributed by atoms with Crippen molar-refractivity contribution in [2.75, 3.05) is 31.1 Å². The van der Waals surface area contributed by atoms with Gasteiger partial charge in [-0.2, -0.15) is 0 Å². The lowest BCUT2D eigenvalue weighted by atomic mass is 10.3. The van der Waals surface area contributed by atoms with Crippen LogP contribution in [0.3, 0.4) is 0 Å². The van der Waals surface area contributed by atoms with E-state index < -0.39 is 0 Å². The molecule has 0 spiro atoms. The molecule has 1 aliphatic heterocycles. The van der Waals surface area contributed by atoms with Crippen LogP contribution in [0, 0.1) is 0 Å². The maximum absolute atomic E-state index is 6.10. The average molecular weight is 257 g/mol. The molecule has 2 rings (SSSR count). The molecule has 0 aliphatic carbocycles. The minimum atomic E-state index is 0.785. The van der Waals surface area contributed by atoms with Gasteiger partial charge in [0.1, 0.15) is 0 Å². The molecule has 0 saturated carbocycles. The molecule has 4 heteroatoms. The molecule has 0 unspecified atom stereocenters. The number of anilines is 1.